The zero-order chi connectivity index (χ0) is 18.5. The summed E-state index contributed by atoms with van der Waals surface area (Å²) in [6.07, 6.45) is 7.54. The van der Waals surface area contributed by atoms with E-state index in [1.807, 2.05) is 41.3 Å². The van der Waals surface area contributed by atoms with E-state index in [4.69, 9.17) is 0 Å². The average Bonchev–Trinajstić information content (AvgIpc) is 3.19. The summed E-state index contributed by atoms with van der Waals surface area (Å²) in [5.41, 5.74) is 3.73. The predicted molar refractivity (Wildman–Crippen MR) is 106 cm³/mol. The van der Waals surface area contributed by atoms with Crippen LogP contribution in [0.4, 0.5) is 4.79 Å². The Morgan fingerprint density at radius 3 is 2.78 bits per heavy atom. The third kappa shape index (κ3) is 4.42. The normalized spacial score (nSPS) is 15.0. The standard InChI is InChI=1S/C20H23N5OS/c26-20(22-13-15-9-10-18-19(12-15)24-27-23-18)25(17-7-2-1-3-8-17)14-16-6-4-5-11-21-16/h4-6,9-12,17H,1-3,7-8,13-14H2,(H,22,26). The van der Waals surface area contributed by atoms with Gasteiger partial charge in [-0.1, -0.05) is 31.4 Å². The van der Waals surface area contributed by atoms with Gasteiger partial charge in [0, 0.05) is 18.8 Å². The van der Waals surface area contributed by atoms with E-state index in [9.17, 15) is 4.79 Å². The molecule has 1 aliphatic rings. The number of benzene rings is 1. The highest BCUT2D eigenvalue weighted by Gasteiger charge is 2.25. The summed E-state index contributed by atoms with van der Waals surface area (Å²) in [6, 6.07) is 12.0. The number of pyridine rings is 1. The molecule has 2 heterocycles. The van der Waals surface area contributed by atoms with Crippen LogP contribution in [0.25, 0.3) is 11.0 Å². The van der Waals surface area contributed by atoms with Gasteiger partial charge in [0.1, 0.15) is 11.0 Å². The molecule has 0 unspecified atom stereocenters. The van der Waals surface area contributed by atoms with Gasteiger partial charge in [-0.15, -0.1) is 0 Å². The number of nitrogens with one attached hydrogen (secondary N) is 1. The maximum Gasteiger partial charge on any atom is 0.318 e. The van der Waals surface area contributed by atoms with Crippen molar-refractivity contribution in [3.8, 4) is 0 Å². The van der Waals surface area contributed by atoms with Crippen LogP contribution in [0.1, 0.15) is 43.4 Å². The van der Waals surface area contributed by atoms with Crippen molar-refractivity contribution in [1.82, 2.24) is 23.9 Å². The Kier molecular flexibility index (Phi) is 5.58. The Morgan fingerprint density at radius 1 is 1.11 bits per heavy atom. The van der Waals surface area contributed by atoms with Crippen LogP contribution in [0, 0.1) is 0 Å². The summed E-state index contributed by atoms with van der Waals surface area (Å²) in [6.45, 7) is 1.03. The fourth-order valence-corrected chi connectivity index (χ4v) is 4.16. The lowest BCUT2D eigenvalue weighted by molar-refractivity contribution is 0.149. The fourth-order valence-electron chi connectivity index (χ4n) is 3.64. The highest BCUT2D eigenvalue weighted by Crippen LogP contribution is 2.24. The third-order valence-corrected chi connectivity index (χ3v) is 5.65. The highest BCUT2D eigenvalue weighted by atomic mass is 32.1. The number of hydrogen-bond acceptors (Lipinski definition) is 5. The summed E-state index contributed by atoms with van der Waals surface area (Å²) in [7, 11) is 0. The first-order valence-electron chi connectivity index (χ1n) is 9.45. The Balaban J connectivity index is 1.45. The minimum atomic E-state index is -0.0240. The number of aromatic nitrogens is 3. The van der Waals surface area contributed by atoms with Crippen molar-refractivity contribution in [1.29, 1.82) is 0 Å². The molecule has 0 bridgehead atoms. The van der Waals surface area contributed by atoms with E-state index >= 15 is 0 Å². The van der Waals surface area contributed by atoms with Crippen LogP contribution >= 0.6 is 11.7 Å². The van der Waals surface area contributed by atoms with Gasteiger partial charge in [-0.05, 0) is 42.7 Å². The Morgan fingerprint density at radius 2 is 1.96 bits per heavy atom. The lowest BCUT2D eigenvalue weighted by Crippen LogP contribution is -2.46. The number of carbonyl (C=O) groups is 1. The number of urea groups is 1. The van der Waals surface area contributed by atoms with Gasteiger partial charge in [0.2, 0.25) is 0 Å². The van der Waals surface area contributed by atoms with E-state index in [1.165, 1.54) is 31.0 Å². The molecule has 3 aromatic rings. The number of hydrogen-bond donors (Lipinski definition) is 1. The molecule has 1 fully saturated rings. The van der Waals surface area contributed by atoms with Crippen molar-refractivity contribution in [2.24, 2.45) is 0 Å². The smallest absolute Gasteiger partial charge is 0.318 e. The first-order valence-corrected chi connectivity index (χ1v) is 10.2. The minimum Gasteiger partial charge on any atom is -0.334 e. The maximum atomic E-state index is 13.0. The van der Waals surface area contributed by atoms with E-state index in [1.54, 1.807) is 6.20 Å². The molecule has 2 aromatic heterocycles. The van der Waals surface area contributed by atoms with E-state index in [0.29, 0.717) is 13.1 Å². The SMILES string of the molecule is O=C(NCc1ccc2nsnc2c1)N(Cc1ccccn1)C1CCCCC1. The van der Waals surface area contributed by atoms with Gasteiger partial charge in [-0.25, -0.2) is 4.79 Å². The lowest BCUT2D eigenvalue weighted by Gasteiger charge is -2.34. The summed E-state index contributed by atoms with van der Waals surface area (Å²) in [5.74, 6) is 0. The molecule has 6 nitrogen and oxygen atoms in total. The summed E-state index contributed by atoms with van der Waals surface area (Å²) < 4.78 is 8.49. The number of fused-ring (bicyclic) bond motifs is 1. The highest BCUT2D eigenvalue weighted by molar-refractivity contribution is 7.00. The van der Waals surface area contributed by atoms with E-state index < -0.39 is 0 Å². The van der Waals surface area contributed by atoms with Crippen molar-refractivity contribution in [3.63, 3.8) is 0 Å². The molecule has 1 aromatic carbocycles. The van der Waals surface area contributed by atoms with Crippen LogP contribution in [-0.2, 0) is 13.1 Å². The Hall–Kier alpha value is -2.54. The van der Waals surface area contributed by atoms with Gasteiger partial charge in [0.25, 0.3) is 0 Å². The largest absolute Gasteiger partial charge is 0.334 e. The molecule has 0 saturated heterocycles. The number of carbonyl (C=O) groups excluding carboxylic acids is 1. The molecule has 1 saturated carbocycles. The van der Waals surface area contributed by atoms with Crippen LogP contribution in [0.3, 0.4) is 0 Å². The molecule has 0 spiro atoms. The molecule has 1 N–H and O–H groups in total. The molecule has 4 rings (SSSR count). The van der Waals surface area contributed by atoms with Crippen LogP contribution in [0.2, 0.25) is 0 Å². The predicted octanol–water partition coefficient (Wildman–Crippen LogP) is 4.13. The Labute approximate surface area is 163 Å². The molecule has 2 amide bonds. The second-order valence-corrected chi connectivity index (χ2v) is 7.52. The molecule has 140 valence electrons. The van der Waals surface area contributed by atoms with Crippen molar-refractivity contribution in [2.45, 2.75) is 51.2 Å². The summed E-state index contributed by atoms with van der Waals surface area (Å²) in [5, 5.41) is 3.09. The summed E-state index contributed by atoms with van der Waals surface area (Å²) >= 11 is 1.21. The fraction of sp³-hybridized carbons (Fsp3) is 0.400. The molecule has 0 aliphatic heterocycles. The number of nitrogens with zero attached hydrogens (tertiary/aromatic N) is 4. The van der Waals surface area contributed by atoms with E-state index in [0.717, 1.165) is 35.1 Å². The lowest BCUT2D eigenvalue weighted by atomic mass is 9.94. The molecular weight excluding hydrogens is 358 g/mol. The van der Waals surface area contributed by atoms with E-state index in [-0.39, 0.29) is 12.1 Å². The van der Waals surface area contributed by atoms with Crippen molar-refractivity contribution in [2.75, 3.05) is 0 Å². The van der Waals surface area contributed by atoms with Gasteiger partial charge >= 0.3 is 6.03 Å². The monoisotopic (exact) mass is 381 g/mol. The minimum absolute atomic E-state index is 0.0240. The second kappa shape index (κ2) is 8.43. The second-order valence-electron chi connectivity index (χ2n) is 6.99. The quantitative estimate of drug-likeness (QED) is 0.721. The van der Waals surface area contributed by atoms with Crippen molar-refractivity contribution >= 4 is 28.8 Å². The molecule has 0 radical (unpaired) electrons. The first-order chi connectivity index (χ1) is 13.3. The maximum absolute atomic E-state index is 13.0. The molecule has 7 heteroatoms. The van der Waals surface area contributed by atoms with Gasteiger partial charge in [-0.3, -0.25) is 4.98 Å². The van der Waals surface area contributed by atoms with Gasteiger partial charge in [-0.2, -0.15) is 8.75 Å². The van der Waals surface area contributed by atoms with Crippen molar-refractivity contribution < 1.29 is 4.79 Å². The number of amides is 2. The van der Waals surface area contributed by atoms with E-state index in [2.05, 4.69) is 19.0 Å². The topological polar surface area (TPSA) is 71.0 Å². The first kappa shape index (κ1) is 17.9. The molecule has 0 atom stereocenters. The van der Waals surface area contributed by atoms with Gasteiger partial charge in [0.05, 0.1) is 24.0 Å². The average molecular weight is 382 g/mol. The van der Waals surface area contributed by atoms with Gasteiger partial charge in [0.15, 0.2) is 0 Å². The number of rotatable bonds is 5. The molecule has 1 aliphatic carbocycles. The van der Waals surface area contributed by atoms with Crippen LogP contribution in [0.5, 0.6) is 0 Å². The molecule has 27 heavy (non-hydrogen) atoms. The van der Waals surface area contributed by atoms with Crippen molar-refractivity contribution in [3.05, 3.63) is 53.9 Å². The zero-order valence-corrected chi connectivity index (χ0v) is 16.0. The zero-order valence-electron chi connectivity index (χ0n) is 15.2. The Bertz CT molecular complexity index is 892. The van der Waals surface area contributed by atoms with Crippen LogP contribution in [-0.4, -0.2) is 30.7 Å². The summed E-state index contributed by atoms with van der Waals surface area (Å²) in [4.78, 5) is 19.4. The van der Waals surface area contributed by atoms with Crippen LogP contribution < -0.4 is 5.32 Å². The third-order valence-electron chi connectivity index (χ3n) is 5.10. The van der Waals surface area contributed by atoms with Gasteiger partial charge < -0.3 is 10.2 Å². The molecular formula is C20H23N5OS. The van der Waals surface area contributed by atoms with Crippen LogP contribution in [0.15, 0.2) is 42.6 Å².